The lowest BCUT2D eigenvalue weighted by Gasteiger charge is -2.02. The molecule has 8 nitrogen and oxygen atoms in total. The van der Waals surface area contributed by atoms with Gasteiger partial charge in [0.05, 0.1) is 29.1 Å². The molecule has 152 valence electrons. The first-order chi connectivity index (χ1) is 14.7. The van der Waals surface area contributed by atoms with Gasteiger partial charge >= 0.3 is 5.97 Å². The van der Waals surface area contributed by atoms with Gasteiger partial charge in [0.1, 0.15) is 0 Å². The molecule has 0 atom stereocenters. The number of aromatic nitrogens is 4. The van der Waals surface area contributed by atoms with Crippen LogP contribution < -0.4 is 4.74 Å². The molecule has 0 aliphatic rings. The van der Waals surface area contributed by atoms with Gasteiger partial charge in [-0.05, 0) is 31.2 Å². The summed E-state index contributed by atoms with van der Waals surface area (Å²) in [6.45, 7) is 1.92. The molecule has 0 saturated heterocycles. The summed E-state index contributed by atoms with van der Waals surface area (Å²) in [5.41, 5.74) is 1.47. The van der Waals surface area contributed by atoms with Gasteiger partial charge < -0.3 is 14.0 Å². The number of para-hydroxylation sites is 1. The standard InChI is InChI=1S/C21H17ClN4O4/c1-2-28-21(27)19-17(12-26(24-19)14-8-4-3-5-9-14)29-13-18-23-20(30-25-18)15-10-6-7-11-16(15)22/h3-12H,2,13H2,1H3. The van der Waals surface area contributed by atoms with Crippen LogP contribution >= 0.6 is 11.6 Å². The monoisotopic (exact) mass is 424 g/mol. The van der Waals surface area contributed by atoms with Crippen LogP contribution in [0, 0.1) is 0 Å². The summed E-state index contributed by atoms with van der Waals surface area (Å²) in [6.07, 6.45) is 1.61. The van der Waals surface area contributed by atoms with E-state index in [0.717, 1.165) is 5.69 Å². The Bertz CT molecular complexity index is 1160. The van der Waals surface area contributed by atoms with E-state index in [1.807, 2.05) is 42.5 Å². The van der Waals surface area contributed by atoms with Gasteiger partial charge in [-0.25, -0.2) is 9.48 Å². The Hall–Kier alpha value is -3.65. The molecule has 0 N–H and O–H groups in total. The van der Waals surface area contributed by atoms with Gasteiger partial charge in [0.25, 0.3) is 5.89 Å². The predicted molar refractivity (Wildman–Crippen MR) is 109 cm³/mol. The molecule has 9 heteroatoms. The highest BCUT2D eigenvalue weighted by Crippen LogP contribution is 2.26. The lowest BCUT2D eigenvalue weighted by atomic mass is 10.2. The molecular weight excluding hydrogens is 408 g/mol. The van der Waals surface area contributed by atoms with Gasteiger partial charge in [0.2, 0.25) is 11.5 Å². The Labute approximate surface area is 177 Å². The Morgan fingerprint density at radius 1 is 1.13 bits per heavy atom. The highest BCUT2D eigenvalue weighted by atomic mass is 35.5. The largest absolute Gasteiger partial charge is 0.481 e. The van der Waals surface area contributed by atoms with Gasteiger partial charge in [-0.15, -0.1) is 0 Å². The number of ether oxygens (including phenoxy) is 2. The molecule has 0 unspecified atom stereocenters. The van der Waals surface area contributed by atoms with Crippen molar-refractivity contribution in [3.8, 4) is 22.9 Å². The normalized spacial score (nSPS) is 10.7. The third-order valence-corrected chi connectivity index (χ3v) is 4.43. The first-order valence-corrected chi connectivity index (χ1v) is 9.56. The summed E-state index contributed by atoms with van der Waals surface area (Å²) in [4.78, 5) is 16.6. The molecule has 2 heterocycles. The fourth-order valence-corrected chi connectivity index (χ4v) is 2.93. The van der Waals surface area contributed by atoms with Crippen LogP contribution in [0.4, 0.5) is 0 Å². The lowest BCUT2D eigenvalue weighted by molar-refractivity contribution is 0.0513. The molecular formula is C21H17ClN4O4. The smallest absolute Gasteiger partial charge is 0.362 e. The van der Waals surface area contributed by atoms with Crippen LogP contribution in [0.1, 0.15) is 23.2 Å². The number of hydrogen-bond acceptors (Lipinski definition) is 7. The third-order valence-electron chi connectivity index (χ3n) is 4.10. The van der Waals surface area contributed by atoms with Crippen LogP contribution in [0.2, 0.25) is 5.02 Å². The average Bonchev–Trinajstić information content (AvgIpc) is 3.41. The second-order valence-electron chi connectivity index (χ2n) is 6.13. The van der Waals surface area contributed by atoms with E-state index >= 15 is 0 Å². The molecule has 2 aromatic heterocycles. The Balaban J connectivity index is 1.56. The summed E-state index contributed by atoms with van der Waals surface area (Å²) in [7, 11) is 0. The van der Waals surface area contributed by atoms with Gasteiger partial charge in [-0.3, -0.25) is 0 Å². The van der Waals surface area contributed by atoms with Crippen molar-refractivity contribution in [1.82, 2.24) is 19.9 Å². The summed E-state index contributed by atoms with van der Waals surface area (Å²) >= 11 is 6.17. The van der Waals surface area contributed by atoms with E-state index < -0.39 is 5.97 Å². The van der Waals surface area contributed by atoms with Crippen molar-refractivity contribution < 1.29 is 18.8 Å². The van der Waals surface area contributed by atoms with Crippen molar-refractivity contribution in [1.29, 1.82) is 0 Å². The maximum Gasteiger partial charge on any atom is 0.362 e. The molecule has 0 amide bonds. The fraction of sp³-hybridized carbons (Fsp3) is 0.143. The number of nitrogens with zero attached hydrogens (tertiary/aromatic N) is 4. The van der Waals surface area contributed by atoms with Gasteiger partial charge in [-0.1, -0.05) is 47.1 Å². The molecule has 0 fully saturated rings. The first kappa shape index (κ1) is 19.7. The summed E-state index contributed by atoms with van der Waals surface area (Å²) in [5.74, 6) is 0.255. The molecule has 0 saturated carbocycles. The molecule has 0 spiro atoms. The molecule has 0 bridgehead atoms. The number of carbonyl (C=O) groups is 1. The maximum absolute atomic E-state index is 12.3. The second kappa shape index (κ2) is 8.79. The van der Waals surface area contributed by atoms with Crippen molar-refractivity contribution in [2.75, 3.05) is 6.61 Å². The lowest BCUT2D eigenvalue weighted by Crippen LogP contribution is -2.09. The Kier molecular flexibility index (Phi) is 5.76. The molecule has 4 rings (SSSR count). The van der Waals surface area contributed by atoms with Crippen LogP contribution in [0.15, 0.2) is 65.3 Å². The highest BCUT2D eigenvalue weighted by Gasteiger charge is 2.21. The van der Waals surface area contributed by atoms with Gasteiger partial charge in [0, 0.05) is 0 Å². The van der Waals surface area contributed by atoms with Gasteiger partial charge in [0.15, 0.2) is 12.4 Å². The molecule has 2 aromatic carbocycles. The quantitative estimate of drug-likeness (QED) is 0.407. The van der Waals surface area contributed by atoms with E-state index in [0.29, 0.717) is 16.4 Å². The van der Waals surface area contributed by atoms with Crippen LogP contribution in [0.25, 0.3) is 17.1 Å². The number of carbonyl (C=O) groups excluding carboxylic acids is 1. The molecule has 30 heavy (non-hydrogen) atoms. The Morgan fingerprint density at radius 2 is 1.90 bits per heavy atom. The van der Waals surface area contributed by atoms with E-state index in [1.54, 1.807) is 29.9 Å². The van der Waals surface area contributed by atoms with Crippen LogP contribution in [0.5, 0.6) is 5.75 Å². The zero-order chi connectivity index (χ0) is 20.9. The minimum atomic E-state index is -0.577. The number of rotatable bonds is 7. The molecule has 0 aliphatic carbocycles. The zero-order valence-corrected chi connectivity index (χ0v) is 16.7. The number of hydrogen-bond donors (Lipinski definition) is 0. The Morgan fingerprint density at radius 3 is 2.67 bits per heavy atom. The fourth-order valence-electron chi connectivity index (χ4n) is 2.72. The van der Waals surface area contributed by atoms with E-state index in [2.05, 4.69) is 15.2 Å². The predicted octanol–water partition coefficient (Wildman–Crippen LogP) is 4.33. The van der Waals surface area contributed by atoms with Gasteiger partial charge in [-0.2, -0.15) is 10.1 Å². The highest BCUT2D eigenvalue weighted by molar-refractivity contribution is 6.33. The van der Waals surface area contributed by atoms with E-state index in [4.69, 9.17) is 25.6 Å². The van der Waals surface area contributed by atoms with Crippen molar-refractivity contribution in [2.24, 2.45) is 0 Å². The van der Waals surface area contributed by atoms with Crippen LogP contribution in [-0.4, -0.2) is 32.5 Å². The topological polar surface area (TPSA) is 92.3 Å². The average molecular weight is 425 g/mol. The van der Waals surface area contributed by atoms with Crippen molar-refractivity contribution in [3.05, 3.63) is 77.3 Å². The van der Waals surface area contributed by atoms with Crippen molar-refractivity contribution in [2.45, 2.75) is 13.5 Å². The first-order valence-electron chi connectivity index (χ1n) is 9.18. The summed E-state index contributed by atoms with van der Waals surface area (Å²) in [5, 5.41) is 8.72. The zero-order valence-electron chi connectivity index (χ0n) is 16.0. The van der Waals surface area contributed by atoms with E-state index in [1.165, 1.54) is 0 Å². The van der Waals surface area contributed by atoms with Crippen molar-refractivity contribution >= 4 is 17.6 Å². The van der Waals surface area contributed by atoms with Crippen molar-refractivity contribution in [3.63, 3.8) is 0 Å². The van der Waals surface area contributed by atoms with E-state index in [9.17, 15) is 4.79 Å². The number of esters is 1. The SMILES string of the molecule is CCOC(=O)c1nn(-c2ccccc2)cc1OCc1noc(-c2ccccc2Cl)n1. The number of halogens is 1. The maximum atomic E-state index is 12.3. The minimum Gasteiger partial charge on any atom is -0.481 e. The summed E-state index contributed by atoms with van der Waals surface area (Å²) in [6, 6.07) is 16.5. The molecule has 0 radical (unpaired) electrons. The van der Waals surface area contributed by atoms with Crippen LogP contribution in [0.3, 0.4) is 0 Å². The third kappa shape index (κ3) is 4.18. The molecule has 0 aliphatic heterocycles. The molecule has 4 aromatic rings. The minimum absolute atomic E-state index is 0.0269. The van der Waals surface area contributed by atoms with Crippen LogP contribution in [-0.2, 0) is 11.3 Å². The second-order valence-corrected chi connectivity index (χ2v) is 6.53. The van der Waals surface area contributed by atoms with E-state index in [-0.39, 0.29) is 30.5 Å². The summed E-state index contributed by atoms with van der Waals surface area (Å²) < 4.78 is 17.7. The number of benzene rings is 2.